The minimum atomic E-state index is -3.12. The Hall–Kier alpha value is -7.14. The number of rotatable bonds is 4. The van der Waals surface area contributed by atoms with E-state index in [1.165, 1.54) is 87.2 Å². The van der Waals surface area contributed by atoms with E-state index in [2.05, 4.69) is 215 Å². The van der Waals surface area contributed by atoms with Gasteiger partial charge in [0, 0.05) is 71.5 Å². The fraction of sp³-hybridized carbons (Fsp3) is 0. The van der Waals surface area contributed by atoms with E-state index in [9.17, 15) is 0 Å². The maximum Gasteiger partial charge on any atom is 0.194 e. The van der Waals surface area contributed by atoms with Crippen LogP contribution in [0, 0.1) is 0 Å². The van der Waals surface area contributed by atoms with Gasteiger partial charge in [-0.1, -0.05) is 140 Å². The van der Waals surface area contributed by atoms with Crippen LogP contribution in [0.15, 0.2) is 200 Å². The summed E-state index contributed by atoms with van der Waals surface area (Å²) < 4.78 is 0. The molecule has 3 aliphatic rings. The number of fused-ring (bicyclic) bond motifs is 2. The van der Waals surface area contributed by atoms with Crippen molar-refractivity contribution in [2.75, 3.05) is 14.7 Å². The van der Waals surface area contributed by atoms with Crippen LogP contribution in [0.2, 0.25) is 0 Å². The van der Waals surface area contributed by atoms with Gasteiger partial charge in [0.05, 0.1) is 11.4 Å². The van der Waals surface area contributed by atoms with Crippen LogP contribution in [0.25, 0.3) is 32.3 Å². The van der Waals surface area contributed by atoms with E-state index in [0.29, 0.717) is 0 Å². The van der Waals surface area contributed by atoms with E-state index in [1.54, 1.807) is 0 Å². The molecule has 10 aromatic carbocycles. The molecule has 0 fully saturated rings. The van der Waals surface area contributed by atoms with E-state index < -0.39 is 8.07 Å². The van der Waals surface area contributed by atoms with Gasteiger partial charge in [-0.3, -0.25) is 0 Å². The fourth-order valence-electron chi connectivity index (χ4n) is 10.7. The summed E-state index contributed by atoms with van der Waals surface area (Å²) in [6.07, 6.45) is 0. The van der Waals surface area contributed by atoms with Crippen molar-refractivity contribution in [3.63, 3.8) is 0 Å². The topological polar surface area (TPSA) is 9.72 Å². The maximum absolute atomic E-state index is 3.12. The van der Waals surface area contributed by atoms with Crippen LogP contribution >= 0.6 is 0 Å². The average Bonchev–Trinajstić information content (AvgIpc) is 3.27. The van der Waals surface area contributed by atoms with Crippen LogP contribution in [0.1, 0.15) is 0 Å². The zero-order valence-electron chi connectivity index (χ0n) is 30.4. The van der Waals surface area contributed by atoms with E-state index in [4.69, 9.17) is 0 Å². The monoisotopic (exact) mass is 727 g/mol. The summed E-state index contributed by atoms with van der Waals surface area (Å²) in [5.41, 5.74) is 11.1. The van der Waals surface area contributed by atoms with Crippen LogP contribution in [0.5, 0.6) is 0 Å². The third-order valence-electron chi connectivity index (χ3n) is 12.6. The Morgan fingerprint density at radius 3 is 1.14 bits per heavy atom. The lowest BCUT2D eigenvalue weighted by Crippen LogP contribution is -2.81. The molecule has 0 aliphatic carbocycles. The zero-order chi connectivity index (χ0) is 36.5. The summed E-state index contributed by atoms with van der Waals surface area (Å²) in [7, 11) is -3.12. The second kappa shape index (κ2) is 11.0. The summed E-state index contributed by atoms with van der Waals surface area (Å²) >= 11 is 0. The summed E-state index contributed by atoms with van der Waals surface area (Å²) in [5, 5.41) is 13.5. The molecule has 0 unspecified atom stereocenters. The first-order valence-electron chi connectivity index (χ1n) is 19.5. The number of para-hydroxylation sites is 3. The number of anilines is 9. The fourth-order valence-corrected chi connectivity index (χ4v) is 16.5. The second-order valence-corrected chi connectivity index (χ2v) is 18.8. The van der Waals surface area contributed by atoms with Crippen LogP contribution in [-0.4, -0.2) is 8.07 Å². The minimum Gasteiger partial charge on any atom is -0.311 e. The normalized spacial score (nSPS) is 14.5. The lowest BCUT2D eigenvalue weighted by atomic mass is 9.90. The molecule has 0 atom stereocenters. The van der Waals surface area contributed by atoms with Crippen molar-refractivity contribution in [2.45, 2.75) is 0 Å². The smallest absolute Gasteiger partial charge is 0.194 e. The number of hydrogen-bond donors (Lipinski definition) is 0. The van der Waals surface area contributed by atoms with Gasteiger partial charge in [-0.25, -0.2) is 0 Å². The van der Waals surface area contributed by atoms with Gasteiger partial charge in [-0.2, -0.15) is 0 Å². The Labute approximate surface area is 325 Å². The Morgan fingerprint density at radius 1 is 0.286 bits per heavy atom. The highest BCUT2D eigenvalue weighted by molar-refractivity contribution is 7.24. The first-order chi connectivity index (χ1) is 27.8. The summed E-state index contributed by atoms with van der Waals surface area (Å²) in [4.78, 5) is 7.77. The molecule has 0 aromatic heterocycles. The third-order valence-corrected chi connectivity index (χ3v) is 17.5. The Balaban J connectivity index is 1.35. The highest BCUT2D eigenvalue weighted by atomic mass is 28.3. The molecule has 56 heavy (non-hydrogen) atoms. The van der Waals surface area contributed by atoms with Gasteiger partial charge in [-0.15, -0.1) is 0 Å². The summed E-state index contributed by atoms with van der Waals surface area (Å²) in [6, 6.07) is 75.1. The average molecular weight is 728 g/mol. The van der Waals surface area contributed by atoms with Crippen LogP contribution < -0.4 is 35.4 Å². The molecule has 260 valence electrons. The molecule has 3 nitrogen and oxygen atoms in total. The van der Waals surface area contributed by atoms with Crippen molar-refractivity contribution in [3.05, 3.63) is 200 Å². The van der Waals surface area contributed by atoms with Gasteiger partial charge < -0.3 is 14.7 Å². The summed E-state index contributed by atoms with van der Waals surface area (Å²) in [5.74, 6) is 0. The molecule has 0 radical (unpaired) electrons. The molecule has 0 N–H and O–H groups in total. The van der Waals surface area contributed by atoms with Gasteiger partial charge in [0.15, 0.2) is 8.07 Å². The standard InChI is InChI=1S/C52H33N3Si/c1-5-18-36(19-6-1)53-42-26-14-28-44-50(42)56(39-24-11-4-12-25-39)51-43(53)27-15-29-45(51)55(38-22-9-3-10-23-38)49-41-33-31-35-17-13-16-34-30-32-40(47(41)46(34)35)48(52(49)56)54(44)37-20-7-2-8-21-37/h1-33H. The van der Waals surface area contributed by atoms with E-state index in [-0.39, 0.29) is 0 Å². The second-order valence-electron chi connectivity index (χ2n) is 15.2. The van der Waals surface area contributed by atoms with Gasteiger partial charge in [0.25, 0.3) is 0 Å². The first-order valence-corrected chi connectivity index (χ1v) is 21.5. The number of hydrogen-bond acceptors (Lipinski definition) is 3. The molecule has 0 bridgehead atoms. The van der Waals surface area contributed by atoms with Crippen molar-refractivity contribution in [2.24, 2.45) is 0 Å². The molecule has 3 heterocycles. The molecule has 13 rings (SSSR count). The molecule has 4 heteroatoms. The SMILES string of the molecule is c1ccc(N2c3cccc4c3[Si]3(c5ccccc5)c5c2cccc5N(c2ccccc2)c2c3c(c3ccc5cccc6ccc2c3c56)N4c2ccccc2)cc1. The molecule has 0 saturated heterocycles. The number of benzene rings is 10. The lowest BCUT2D eigenvalue weighted by molar-refractivity contribution is 1.22. The Morgan fingerprint density at radius 2 is 0.679 bits per heavy atom. The largest absolute Gasteiger partial charge is 0.311 e. The molecule has 3 aliphatic heterocycles. The Kier molecular flexibility index (Phi) is 5.92. The van der Waals surface area contributed by atoms with Gasteiger partial charge in [-0.05, 0) is 82.0 Å². The van der Waals surface area contributed by atoms with E-state index >= 15 is 0 Å². The maximum atomic E-state index is 2.61. The molecule has 0 amide bonds. The number of nitrogens with zero attached hydrogens (tertiary/aromatic N) is 3. The molecular formula is C52H33N3Si. The van der Waals surface area contributed by atoms with Gasteiger partial charge >= 0.3 is 0 Å². The van der Waals surface area contributed by atoms with Crippen LogP contribution in [-0.2, 0) is 0 Å². The summed E-state index contributed by atoms with van der Waals surface area (Å²) in [6.45, 7) is 0. The first kappa shape index (κ1) is 30.2. The predicted molar refractivity (Wildman–Crippen MR) is 238 cm³/mol. The van der Waals surface area contributed by atoms with Crippen LogP contribution in [0.3, 0.4) is 0 Å². The van der Waals surface area contributed by atoms with E-state index in [1.807, 2.05) is 0 Å². The minimum absolute atomic E-state index is 1.16. The van der Waals surface area contributed by atoms with Gasteiger partial charge in [0.1, 0.15) is 0 Å². The van der Waals surface area contributed by atoms with Crippen molar-refractivity contribution in [1.29, 1.82) is 0 Å². The van der Waals surface area contributed by atoms with Crippen molar-refractivity contribution in [1.82, 2.24) is 0 Å². The van der Waals surface area contributed by atoms with E-state index in [0.717, 1.165) is 17.1 Å². The molecule has 0 saturated carbocycles. The molecular weight excluding hydrogens is 695 g/mol. The van der Waals surface area contributed by atoms with Gasteiger partial charge in [0.2, 0.25) is 0 Å². The quantitative estimate of drug-likeness (QED) is 0.132. The lowest BCUT2D eigenvalue weighted by Gasteiger charge is -2.56. The third kappa shape index (κ3) is 3.63. The highest BCUT2D eigenvalue weighted by Crippen LogP contribution is 2.56. The zero-order valence-corrected chi connectivity index (χ0v) is 31.4. The van der Waals surface area contributed by atoms with Crippen molar-refractivity contribution < 1.29 is 0 Å². The Bertz CT molecular complexity index is 3030. The highest BCUT2D eigenvalue weighted by Gasteiger charge is 2.60. The predicted octanol–water partition coefficient (Wildman–Crippen LogP) is 11.3. The molecule has 0 spiro atoms. The van der Waals surface area contributed by atoms with Crippen molar-refractivity contribution in [3.8, 4) is 0 Å². The van der Waals surface area contributed by atoms with Crippen LogP contribution in [0.4, 0.5) is 51.2 Å². The van der Waals surface area contributed by atoms with Crippen molar-refractivity contribution >= 4 is 112 Å². The molecule has 10 aromatic rings.